The van der Waals surface area contributed by atoms with Gasteiger partial charge in [-0.25, -0.2) is 0 Å². The fourth-order valence-corrected chi connectivity index (χ4v) is 2.67. The first-order valence-electron chi connectivity index (χ1n) is 6.49. The molecule has 88 valence electrons. The molecule has 1 aliphatic carbocycles. The molecule has 1 heterocycles. The lowest BCUT2D eigenvalue weighted by molar-refractivity contribution is 0.179. The summed E-state index contributed by atoms with van der Waals surface area (Å²) < 4.78 is 0. The summed E-state index contributed by atoms with van der Waals surface area (Å²) in [5.41, 5.74) is 5.77. The maximum atomic E-state index is 5.77. The molecule has 3 heteroatoms. The van der Waals surface area contributed by atoms with Crippen molar-refractivity contribution >= 4 is 0 Å². The van der Waals surface area contributed by atoms with E-state index in [1.807, 2.05) is 0 Å². The predicted molar refractivity (Wildman–Crippen MR) is 63.8 cm³/mol. The molecule has 1 saturated carbocycles. The van der Waals surface area contributed by atoms with Gasteiger partial charge in [0.25, 0.3) is 0 Å². The van der Waals surface area contributed by atoms with Crippen molar-refractivity contribution in [2.24, 2.45) is 11.7 Å². The lowest BCUT2D eigenvalue weighted by Gasteiger charge is -2.36. The third kappa shape index (κ3) is 3.16. The molecule has 0 radical (unpaired) electrons. The molecule has 2 fully saturated rings. The third-order valence-electron chi connectivity index (χ3n) is 4.02. The number of nitrogens with zero attached hydrogens (tertiary/aromatic N) is 1. The zero-order valence-corrected chi connectivity index (χ0v) is 9.91. The van der Waals surface area contributed by atoms with Gasteiger partial charge in [0, 0.05) is 12.1 Å². The van der Waals surface area contributed by atoms with Crippen LogP contribution in [0.2, 0.25) is 0 Å². The maximum Gasteiger partial charge on any atom is 0.00966 e. The second kappa shape index (κ2) is 5.28. The van der Waals surface area contributed by atoms with E-state index in [0.29, 0.717) is 6.04 Å². The first kappa shape index (κ1) is 11.4. The molecule has 2 aliphatic rings. The van der Waals surface area contributed by atoms with Crippen molar-refractivity contribution in [2.75, 3.05) is 26.2 Å². The Hall–Kier alpha value is -0.120. The summed E-state index contributed by atoms with van der Waals surface area (Å²) in [7, 11) is 0. The van der Waals surface area contributed by atoms with E-state index >= 15 is 0 Å². The number of nitrogens with one attached hydrogen (secondary N) is 1. The monoisotopic (exact) mass is 211 g/mol. The van der Waals surface area contributed by atoms with Gasteiger partial charge < -0.3 is 16.0 Å². The highest BCUT2D eigenvalue weighted by atomic mass is 15.1. The van der Waals surface area contributed by atoms with Gasteiger partial charge in [0.15, 0.2) is 0 Å². The fourth-order valence-electron chi connectivity index (χ4n) is 2.67. The summed E-state index contributed by atoms with van der Waals surface area (Å²) in [5, 5.41) is 3.65. The molecule has 0 unspecified atom stereocenters. The summed E-state index contributed by atoms with van der Waals surface area (Å²) >= 11 is 0. The Balaban J connectivity index is 1.56. The summed E-state index contributed by atoms with van der Waals surface area (Å²) in [6, 6.07) is 1.20. The zero-order chi connectivity index (χ0) is 10.7. The smallest absolute Gasteiger partial charge is 0.00966 e. The average molecular weight is 211 g/mol. The van der Waals surface area contributed by atoms with Crippen LogP contribution in [0.5, 0.6) is 0 Å². The van der Waals surface area contributed by atoms with Crippen LogP contribution in [0.4, 0.5) is 0 Å². The Bertz CT molecular complexity index is 181. The summed E-state index contributed by atoms with van der Waals surface area (Å²) in [5.74, 6) is 0.907. The molecule has 0 spiro atoms. The van der Waals surface area contributed by atoms with Gasteiger partial charge in [-0.15, -0.1) is 0 Å². The average Bonchev–Trinajstić information content (AvgIpc) is 2.23. The third-order valence-corrected chi connectivity index (χ3v) is 4.02. The molecule has 2 rings (SSSR count). The van der Waals surface area contributed by atoms with Gasteiger partial charge in [-0.2, -0.15) is 0 Å². The number of hydrogen-bond donors (Lipinski definition) is 2. The van der Waals surface area contributed by atoms with Crippen molar-refractivity contribution < 1.29 is 0 Å². The first-order chi connectivity index (χ1) is 7.28. The van der Waals surface area contributed by atoms with Crippen molar-refractivity contribution in [1.82, 2.24) is 10.2 Å². The minimum atomic E-state index is 0.476. The fraction of sp³-hybridized carbons (Fsp3) is 1.00. The van der Waals surface area contributed by atoms with E-state index in [2.05, 4.69) is 17.1 Å². The van der Waals surface area contributed by atoms with E-state index in [1.165, 1.54) is 51.9 Å². The first-order valence-corrected chi connectivity index (χ1v) is 6.49. The maximum absolute atomic E-state index is 5.77. The molecule has 0 bridgehead atoms. The van der Waals surface area contributed by atoms with E-state index in [-0.39, 0.29) is 0 Å². The molecule has 0 aromatic rings. The van der Waals surface area contributed by atoms with Crippen LogP contribution in [0.1, 0.15) is 32.6 Å². The topological polar surface area (TPSA) is 41.3 Å². The minimum Gasteiger partial charge on any atom is -0.328 e. The van der Waals surface area contributed by atoms with Crippen LogP contribution in [-0.2, 0) is 0 Å². The van der Waals surface area contributed by atoms with E-state index < -0.39 is 0 Å². The Morgan fingerprint density at radius 1 is 1.27 bits per heavy atom. The quantitative estimate of drug-likeness (QED) is 0.722. The molecule has 3 N–H and O–H groups in total. The molecule has 0 aromatic heterocycles. The number of piperidine rings is 1. The van der Waals surface area contributed by atoms with E-state index in [9.17, 15) is 0 Å². The minimum absolute atomic E-state index is 0.476. The zero-order valence-electron chi connectivity index (χ0n) is 9.91. The molecule has 0 atom stereocenters. The van der Waals surface area contributed by atoms with Crippen LogP contribution in [0.25, 0.3) is 0 Å². The van der Waals surface area contributed by atoms with E-state index in [1.54, 1.807) is 0 Å². The van der Waals surface area contributed by atoms with E-state index in [0.717, 1.165) is 12.0 Å². The Labute approximate surface area is 93.4 Å². The number of likely N-dealkylation sites (tertiary alicyclic amines) is 1. The molecule has 3 nitrogen and oxygen atoms in total. The van der Waals surface area contributed by atoms with Gasteiger partial charge in [-0.05, 0) is 57.8 Å². The predicted octanol–water partition coefficient (Wildman–Crippen LogP) is 0.798. The van der Waals surface area contributed by atoms with E-state index in [4.69, 9.17) is 5.73 Å². The van der Waals surface area contributed by atoms with Crippen LogP contribution in [0.3, 0.4) is 0 Å². The molecule has 15 heavy (non-hydrogen) atoms. The van der Waals surface area contributed by atoms with Crippen LogP contribution in [0, 0.1) is 5.92 Å². The highest BCUT2D eigenvalue weighted by Crippen LogP contribution is 2.20. The summed E-state index contributed by atoms with van der Waals surface area (Å²) in [4.78, 5) is 2.55. The van der Waals surface area contributed by atoms with Gasteiger partial charge in [-0.1, -0.05) is 6.92 Å². The van der Waals surface area contributed by atoms with Crippen molar-refractivity contribution in [3.8, 4) is 0 Å². The van der Waals surface area contributed by atoms with Gasteiger partial charge in [0.05, 0.1) is 0 Å². The Kier molecular flexibility index (Phi) is 4.00. The van der Waals surface area contributed by atoms with Crippen LogP contribution < -0.4 is 11.1 Å². The normalized spacial score (nSPS) is 34.0. The van der Waals surface area contributed by atoms with Crippen molar-refractivity contribution in [3.05, 3.63) is 0 Å². The van der Waals surface area contributed by atoms with Crippen LogP contribution in [-0.4, -0.2) is 43.2 Å². The Morgan fingerprint density at radius 2 is 1.93 bits per heavy atom. The Morgan fingerprint density at radius 3 is 2.47 bits per heavy atom. The summed E-state index contributed by atoms with van der Waals surface area (Å²) in [6.45, 7) is 7.29. The molecule has 0 aromatic carbocycles. The molecule has 0 amide bonds. The highest BCUT2D eigenvalue weighted by Gasteiger charge is 2.26. The second-order valence-corrected chi connectivity index (χ2v) is 5.21. The molecular formula is C12H25N3. The van der Waals surface area contributed by atoms with Crippen LogP contribution in [0.15, 0.2) is 0 Å². The standard InChI is InChI=1S/C12H25N3/c1-2-15-5-3-10(4-6-15)9-14-12-7-11(13)8-12/h10-12,14H,2-9,13H2,1H3. The number of rotatable bonds is 4. The van der Waals surface area contributed by atoms with Gasteiger partial charge in [0.2, 0.25) is 0 Å². The summed E-state index contributed by atoms with van der Waals surface area (Å²) in [6.07, 6.45) is 5.13. The van der Waals surface area contributed by atoms with Gasteiger partial charge >= 0.3 is 0 Å². The molecule has 1 aliphatic heterocycles. The van der Waals surface area contributed by atoms with Crippen molar-refractivity contribution in [2.45, 2.75) is 44.7 Å². The molecular weight excluding hydrogens is 186 g/mol. The number of nitrogens with two attached hydrogens (primary N) is 1. The number of hydrogen-bond acceptors (Lipinski definition) is 3. The molecule has 1 saturated heterocycles. The largest absolute Gasteiger partial charge is 0.328 e. The highest BCUT2D eigenvalue weighted by molar-refractivity contribution is 4.88. The van der Waals surface area contributed by atoms with Gasteiger partial charge in [-0.3, -0.25) is 0 Å². The lowest BCUT2D eigenvalue weighted by atomic mass is 9.87. The lowest BCUT2D eigenvalue weighted by Crippen LogP contribution is -2.50. The second-order valence-electron chi connectivity index (χ2n) is 5.21. The van der Waals surface area contributed by atoms with Gasteiger partial charge in [0.1, 0.15) is 0 Å². The van der Waals surface area contributed by atoms with Crippen molar-refractivity contribution in [1.29, 1.82) is 0 Å². The van der Waals surface area contributed by atoms with Crippen molar-refractivity contribution in [3.63, 3.8) is 0 Å². The van der Waals surface area contributed by atoms with Crippen LogP contribution >= 0.6 is 0 Å². The SMILES string of the molecule is CCN1CCC(CNC2CC(N)C2)CC1.